The van der Waals surface area contributed by atoms with Crippen molar-refractivity contribution < 1.29 is 4.39 Å². The van der Waals surface area contributed by atoms with Crippen LogP contribution in [0.5, 0.6) is 0 Å². The van der Waals surface area contributed by atoms with Gasteiger partial charge in [0.05, 0.1) is 0 Å². The zero-order valence-corrected chi connectivity index (χ0v) is 11.6. The van der Waals surface area contributed by atoms with Crippen molar-refractivity contribution in [3.05, 3.63) is 47.8 Å². The summed E-state index contributed by atoms with van der Waals surface area (Å²) < 4.78 is 13.7. The molecule has 0 heterocycles. The highest BCUT2D eigenvalue weighted by molar-refractivity contribution is 5.86. The van der Waals surface area contributed by atoms with Gasteiger partial charge < -0.3 is 10.2 Å². The van der Waals surface area contributed by atoms with Crippen LogP contribution in [0.3, 0.4) is 0 Å². The van der Waals surface area contributed by atoms with E-state index in [9.17, 15) is 4.39 Å². The Bertz CT molecular complexity index is 539. The molecule has 2 aromatic carbocycles. The van der Waals surface area contributed by atoms with Crippen LogP contribution in [-0.2, 0) is 6.54 Å². The second-order valence-corrected chi connectivity index (χ2v) is 4.82. The Morgan fingerprint density at radius 2 is 1.84 bits per heavy atom. The van der Waals surface area contributed by atoms with Crippen LogP contribution in [0.15, 0.2) is 36.4 Å². The highest BCUT2D eigenvalue weighted by Crippen LogP contribution is 2.21. The van der Waals surface area contributed by atoms with E-state index in [1.54, 1.807) is 6.07 Å². The third-order valence-corrected chi connectivity index (χ3v) is 3.49. The minimum absolute atomic E-state index is 0.148. The lowest BCUT2D eigenvalue weighted by Crippen LogP contribution is -2.28. The fourth-order valence-corrected chi connectivity index (χ4v) is 2.13. The van der Waals surface area contributed by atoms with Crippen molar-refractivity contribution in [2.45, 2.75) is 13.5 Å². The molecule has 2 aromatic rings. The summed E-state index contributed by atoms with van der Waals surface area (Å²) in [5.41, 5.74) is 1.15. The van der Waals surface area contributed by atoms with Gasteiger partial charge in [0.15, 0.2) is 0 Å². The summed E-state index contributed by atoms with van der Waals surface area (Å²) in [5.74, 6) is -0.148. The maximum Gasteiger partial charge on any atom is 0.131 e. The van der Waals surface area contributed by atoms with Gasteiger partial charge in [-0.25, -0.2) is 4.39 Å². The average Bonchev–Trinajstić information content (AvgIpc) is 2.45. The van der Waals surface area contributed by atoms with Crippen LogP contribution in [0.4, 0.5) is 4.39 Å². The average molecular weight is 260 g/mol. The van der Waals surface area contributed by atoms with E-state index in [1.165, 1.54) is 0 Å². The number of nitrogens with one attached hydrogen (secondary N) is 1. The quantitative estimate of drug-likeness (QED) is 0.803. The van der Waals surface area contributed by atoms with Crippen LogP contribution in [-0.4, -0.2) is 31.6 Å². The predicted molar refractivity (Wildman–Crippen MR) is 78.8 cm³/mol. The zero-order valence-electron chi connectivity index (χ0n) is 11.6. The number of hydrogen-bond donors (Lipinski definition) is 1. The molecule has 0 spiro atoms. The van der Waals surface area contributed by atoms with Crippen LogP contribution in [0.2, 0.25) is 0 Å². The number of fused-ring (bicyclic) bond motifs is 1. The lowest BCUT2D eigenvalue weighted by Gasteiger charge is -2.14. The molecule has 0 saturated heterocycles. The summed E-state index contributed by atoms with van der Waals surface area (Å²) >= 11 is 0. The van der Waals surface area contributed by atoms with Crippen LogP contribution in [0.25, 0.3) is 10.8 Å². The molecule has 3 heteroatoms. The molecule has 0 aliphatic rings. The third kappa shape index (κ3) is 3.52. The molecule has 0 aromatic heterocycles. The first kappa shape index (κ1) is 14.0. The molecule has 0 bridgehead atoms. The van der Waals surface area contributed by atoms with Gasteiger partial charge in [0.1, 0.15) is 5.82 Å². The monoisotopic (exact) mass is 260 g/mol. The maximum atomic E-state index is 13.7. The second kappa shape index (κ2) is 6.64. The van der Waals surface area contributed by atoms with E-state index in [4.69, 9.17) is 0 Å². The number of benzene rings is 2. The minimum Gasteiger partial charge on any atom is -0.311 e. The molecular weight excluding hydrogens is 239 g/mol. The highest BCUT2D eigenvalue weighted by atomic mass is 19.1. The van der Waals surface area contributed by atoms with Gasteiger partial charge in [-0.2, -0.15) is 0 Å². The fourth-order valence-electron chi connectivity index (χ4n) is 2.13. The van der Waals surface area contributed by atoms with Crippen LogP contribution >= 0.6 is 0 Å². The van der Waals surface area contributed by atoms with E-state index in [0.717, 1.165) is 37.1 Å². The summed E-state index contributed by atoms with van der Waals surface area (Å²) in [6.45, 7) is 5.94. The van der Waals surface area contributed by atoms with E-state index < -0.39 is 0 Å². The third-order valence-electron chi connectivity index (χ3n) is 3.49. The summed E-state index contributed by atoms with van der Waals surface area (Å²) in [7, 11) is 2.11. The van der Waals surface area contributed by atoms with Crippen molar-refractivity contribution >= 4 is 10.8 Å². The Morgan fingerprint density at radius 1 is 1.11 bits per heavy atom. The highest BCUT2D eigenvalue weighted by Gasteiger charge is 2.04. The minimum atomic E-state index is -0.148. The molecule has 0 unspecified atom stereocenters. The molecule has 0 saturated carbocycles. The molecule has 0 aliphatic carbocycles. The molecule has 0 atom stereocenters. The van der Waals surface area contributed by atoms with Gasteiger partial charge in [0.25, 0.3) is 0 Å². The maximum absolute atomic E-state index is 13.7. The lowest BCUT2D eigenvalue weighted by molar-refractivity contribution is 0.349. The topological polar surface area (TPSA) is 15.3 Å². The van der Waals surface area contributed by atoms with E-state index in [-0.39, 0.29) is 5.82 Å². The van der Waals surface area contributed by atoms with Crippen LogP contribution < -0.4 is 5.32 Å². The fraction of sp³-hybridized carbons (Fsp3) is 0.375. The van der Waals surface area contributed by atoms with Gasteiger partial charge in [-0.15, -0.1) is 0 Å². The molecule has 2 rings (SSSR count). The van der Waals surface area contributed by atoms with Crippen molar-refractivity contribution in [3.8, 4) is 0 Å². The number of nitrogens with zero attached hydrogens (tertiary/aromatic N) is 1. The number of rotatable bonds is 6. The largest absolute Gasteiger partial charge is 0.311 e. The van der Waals surface area contributed by atoms with Gasteiger partial charge in [0, 0.05) is 25.0 Å². The Balaban J connectivity index is 2.03. The van der Waals surface area contributed by atoms with E-state index >= 15 is 0 Å². The summed E-state index contributed by atoms with van der Waals surface area (Å²) in [6, 6.07) is 11.1. The van der Waals surface area contributed by atoms with Crippen molar-refractivity contribution in [2.24, 2.45) is 0 Å². The van der Waals surface area contributed by atoms with Crippen molar-refractivity contribution in [3.63, 3.8) is 0 Å². The first-order valence-electron chi connectivity index (χ1n) is 6.77. The number of hydrogen-bond acceptors (Lipinski definition) is 2. The lowest BCUT2D eigenvalue weighted by atomic mass is 10.0. The summed E-state index contributed by atoms with van der Waals surface area (Å²) in [5, 5.41) is 5.11. The first-order valence-corrected chi connectivity index (χ1v) is 6.77. The van der Waals surface area contributed by atoms with Gasteiger partial charge >= 0.3 is 0 Å². The number of halogens is 1. The SMILES string of the molecule is CCN(C)CCNCc1ccc(F)c2ccccc12. The van der Waals surface area contributed by atoms with Crippen molar-refractivity contribution in [2.75, 3.05) is 26.7 Å². The first-order chi connectivity index (χ1) is 9.22. The predicted octanol–water partition coefficient (Wildman–Crippen LogP) is 3.02. The molecule has 0 amide bonds. The molecule has 0 fully saturated rings. The van der Waals surface area contributed by atoms with Gasteiger partial charge in [0.2, 0.25) is 0 Å². The molecule has 102 valence electrons. The summed E-state index contributed by atoms with van der Waals surface area (Å²) in [6.07, 6.45) is 0. The van der Waals surface area contributed by atoms with Crippen molar-refractivity contribution in [1.29, 1.82) is 0 Å². The molecule has 2 nitrogen and oxygen atoms in total. The number of likely N-dealkylation sites (N-methyl/N-ethyl adjacent to an activating group) is 1. The zero-order chi connectivity index (χ0) is 13.7. The van der Waals surface area contributed by atoms with Gasteiger partial charge in [-0.3, -0.25) is 0 Å². The van der Waals surface area contributed by atoms with E-state index in [2.05, 4.69) is 24.2 Å². The standard InChI is InChI=1S/C16H21FN2/c1-3-19(2)11-10-18-12-13-8-9-16(17)15-7-5-4-6-14(13)15/h4-9,18H,3,10-12H2,1-2H3. The Kier molecular flexibility index (Phi) is 4.88. The Morgan fingerprint density at radius 3 is 2.58 bits per heavy atom. The van der Waals surface area contributed by atoms with E-state index in [1.807, 2.05) is 30.3 Å². The van der Waals surface area contributed by atoms with Crippen molar-refractivity contribution in [1.82, 2.24) is 10.2 Å². The summed E-state index contributed by atoms with van der Waals surface area (Å²) in [4.78, 5) is 2.26. The molecule has 19 heavy (non-hydrogen) atoms. The molecule has 0 radical (unpaired) electrons. The molecule has 0 aliphatic heterocycles. The molecular formula is C16H21FN2. The second-order valence-electron chi connectivity index (χ2n) is 4.82. The van der Waals surface area contributed by atoms with Crippen LogP contribution in [0.1, 0.15) is 12.5 Å². The Hall–Kier alpha value is -1.45. The van der Waals surface area contributed by atoms with Gasteiger partial charge in [-0.05, 0) is 30.6 Å². The normalized spacial score (nSPS) is 11.4. The molecule has 1 N–H and O–H groups in total. The smallest absolute Gasteiger partial charge is 0.131 e. The Labute approximate surface area is 114 Å². The van der Waals surface area contributed by atoms with Crippen LogP contribution in [0, 0.1) is 5.82 Å². The van der Waals surface area contributed by atoms with Gasteiger partial charge in [-0.1, -0.05) is 37.3 Å². The van der Waals surface area contributed by atoms with E-state index in [0.29, 0.717) is 5.39 Å².